The van der Waals surface area contributed by atoms with E-state index in [0.29, 0.717) is 19.3 Å². The number of sulfonamides is 1. The molecule has 2 atom stereocenters. The molecule has 0 amide bonds. The van der Waals surface area contributed by atoms with Crippen LogP contribution in [0.15, 0.2) is 24.3 Å². The van der Waals surface area contributed by atoms with Gasteiger partial charge in [-0.3, -0.25) is 4.90 Å². The van der Waals surface area contributed by atoms with Crippen molar-refractivity contribution < 1.29 is 17.9 Å². The number of para-hydroxylation sites is 1. The molecule has 26 heavy (non-hydrogen) atoms. The van der Waals surface area contributed by atoms with Crippen LogP contribution in [0.3, 0.4) is 0 Å². The second kappa shape index (κ2) is 7.46. The van der Waals surface area contributed by atoms with Crippen molar-refractivity contribution in [1.29, 1.82) is 0 Å². The standard InChI is InChI=1S/C19H28N2O4S/c1-26(22,23)20-17-10-11-21-13-25-19-5-3-2-4-16(19)14-6-8-15(9-7-14)24-12-18(17)21/h2-5,14-15,17-18,20H,6-13H2,1H3/t14?,15?,17-,18-/m0/s1. The maximum atomic E-state index is 11.7. The molecule has 1 saturated carbocycles. The molecule has 1 N–H and O–H groups in total. The van der Waals surface area contributed by atoms with Gasteiger partial charge in [0.1, 0.15) is 12.5 Å². The molecule has 0 aromatic heterocycles. The first kappa shape index (κ1) is 18.2. The Hall–Kier alpha value is -1.15. The Bertz CT molecular complexity index is 731. The quantitative estimate of drug-likeness (QED) is 0.851. The van der Waals surface area contributed by atoms with Crippen LogP contribution in [-0.2, 0) is 14.8 Å². The van der Waals surface area contributed by atoms with Gasteiger partial charge in [-0.05, 0) is 49.7 Å². The second-order valence-electron chi connectivity index (χ2n) is 7.78. The van der Waals surface area contributed by atoms with Crippen molar-refractivity contribution in [2.45, 2.75) is 56.2 Å². The summed E-state index contributed by atoms with van der Waals surface area (Å²) >= 11 is 0. The topological polar surface area (TPSA) is 67.9 Å². The van der Waals surface area contributed by atoms with Crippen LogP contribution in [0, 0.1) is 0 Å². The van der Waals surface area contributed by atoms with E-state index in [1.807, 2.05) is 6.07 Å². The average Bonchev–Trinajstić information content (AvgIpc) is 2.97. The lowest BCUT2D eigenvalue weighted by molar-refractivity contribution is -0.0208. The van der Waals surface area contributed by atoms with Crippen molar-refractivity contribution in [1.82, 2.24) is 9.62 Å². The smallest absolute Gasteiger partial charge is 0.209 e. The zero-order valence-corrected chi connectivity index (χ0v) is 16.1. The van der Waals surface area contributed by atoms with Gasteiger partial charge in [0.15, 0.2) is 0 Å². The number of hydrogen-bond acceptors (Lipinski definition) is 5. The van der Waals surface area contributed by atoms with Crippen molar-refractivity contribution in [3.8, 4) is 5.75 Å². The van der Waals surface area contributed by atoms with E-state index in [1.165, 1.54) is 11.8 Å². The fourth-order valence-corrected chi connectivity index (χ4v) is 5.41. The van der Waals surface area contributed by atoms with Crippen molar-refractivity contribution in [3.63, 3.8) is 0 Å². The summed E-state index contributed by atoms with van der Waals surface area (Å²) in [5, 5.41) is 0. The summed E-state index contributed by atoms with van der Waals surface area (Å²) in [6.07, 6.45) is 6.61. The van der Waals surface area contributed by atoms with E-state index in [0.717, 1.165) is 44.4 Å². The minimum Gasteiger partial charge on any atom is -0.478 e. The van der Waals surface area contributed by atoms with Crippen LogP contribution in [0.2, 0.25) is 0 Å². The van der Waals surface area contributed by atoms with Crippen molar-refractivity contribution in [2.75, 3.05) is 26.1 Å². The molecule has 1 aromatic carbocycles. The highest BCUT2D eigenvalue weighted by Crippen LogP contribution is 2.39. The summed E-state index contributed by atoms with van der Waals surface area (Å²) < 4.78 is 38.7. The van der Waals surface area contributed by atoms with Gasteiger partial charge in [0.05, 0.1) is 25.0 Å². The molecule has 2 fully saturated rings. The molecule has 7 heteroatoms. The van der Waals surface area contributed by atoms with Crippen LogP contribution in [0.4, 0.5) is 0 Å². The number of ether oxygens (including phenoxy) is 2. The second-order valence-corrected chi connectivity index (χ2v) is 9.56. The lowest BCUT2D eigenvalue weighted by Crippen LogP contribution is -2.48. The Labute approximate surface area is 155 Å². The number of benzene rings is 1. The van der Waals surface area contributed by atoms with Gasteiger partial charge < -0.3 is 9.47 Å². The first-order valence-electron chi connectivity index (χ1n) is 9.54. The molecule has 1 aromatic rings. The van der Waals surface area contributed by atoms with Crippen LogP contribution in [0.1, 0.15) is 43.6 Å². The SMILES string of the molecule is CS(=O)(=O)N[C@H]1CCN2COc3ccccc3C3CCC(CC3)OC[C@@H]12. The minimum absolute atomic E-state index is 0.00837. The third kappa shape index (κ3) is 4.06. The largest absolute Gasteiger partial charge is 0.478 e. The van der Waals surface area contributed by atoms with E-state index in [4.69, 9.17) is 9.47 Å². The van der Waals surface area contributed by atoms with Crippen LogP contribution < -0.4 is 9.46 Å². The van der Waals surface area contributed by atoms with Gasteiger partial charge in [-0.1, -0.05) is 18.2 Å². The lowest BCUT2D eigenvalue weighted by atomic mass is 9.82. The molecule has 4 aliphatic rings. The number of rotatable bonds is 2. The van der Waals surface area contributed by atoms with E-state index in [9.17, 15) is 8.42 Å². The van der Waals surface area contributed by atoms with Crippen LogP contribution in [-0.4, -0.2) is 57.6 Å². The fourth-order valence-electron chi connectivity index (χ4n) is 4.59. The third-order valence-corrected chi connectivity index (χ3v) is 6.68. The molecule has 6 nitrogen and oxygen atoms in total. The van der Waals surface area contributed by atoms with Gasteiger partial charge in [0.25, 0.3) is 0 Å². The first-order chi connectivity index (χ1) is 12.5. The van der Waals surface area contributed by atoms with E-state index in [-0.39, 0.29) is 18.2 Å². The monoisotopic (exact) mass is 380 g/mol. The first-order valence-corrected chi connectivity index (χ1v) is 11.4. The maximum Gasteiger partial charge on any atom is 0.209 e. The van der Waals surface area contributed by atoms with E-state index < -0.39 is 10.0 Å². The summed E-state index contributed by atoms with van der Waals surface area (Å²) in [5.74, 6) is 1.51. The average molecular weight is 381 g/mol. The molecule has 0 spiro atoms. The molecular formula is C19H28N2O4S. The highest BCUT2D eigenvalue weighted by Gasteiger charge is 2.37. The Kier molecular flexibility index (Phi) is 5.23. The molecule has 2 bridgehead atoms. The summed E-state index contributed by atoms with van der Waals surface area (Å²) in [4.78, 5) is 2.20. The zero-order valence-electron chi connectivity index (χ0n) is 15.3. The zero-order chi connectivity index (χ0) is 18.1. The lowest BCUT2D eigenvalue weighted by Gasteiger charge is -2.35. The molecule has 1 aliphatic carbocycles. The summed E-state index contributed by atoms with van der Waals surface area (Å²) in [5.41, 5.74) is 1.30. The van der Waals surface area contributed by atoms with Crippen LogP contribution in [0.5, 0.6) is 5.75 Å². The third-order valence-electron chi connectivity index (χ3n) is 5.95. The van der Waals surface area contributed by atoms with Gasteiger partial charge in [0.2, 0.25) is 10.0 Å². The normalized spacial score (nSPS) is 32.8. The summed E-state index contributed by atoms with van der Waals surface area (Å²) in [6, 6.07) is 8.23. The molecule has 0 radical (unpaired) electrons. The van der Waals surface area contributed by atoms with Crippen LogP contribution in [0.25, 0.3) is 0 Å². The van der Waals surface area contributed by atoms with Gasteiger partial charge in [-0.2, -0.15) is 0 Å². The van der Waals surface area contributed by atoms with Crippen LogP contribution >= 0.6 is 0 Å². The molecule has 1 saturated heterocycles. The summed E-state index contributed by atoms with van der Waals surface area (Å²) in [6.45, 7) is 1.81. The van der Waals surface area contributed by atoms with Gasteiger partial charge in [-0.15, -0.1) is 0 Å². The van der Waals surface area contributed by atoms with Gasteiger partial charge in [0, 0.05) is 12.6 Å². The predicted molar refractivity (Wildman–Crippen MR) is 99.8 cm³/mol. The van der Waals surface area contributed by atoms with E-state index in [1.54, 1.807) is 0 Å². The minimum atomic E-state index is -3.24. The van der Waals surface area contributed by atoms with E-state index >= 15 is 0 Å². The van der Waals surface area contributed by atoms with Gasteiger partial charge in [-0.25, -0.2) is 13.1 Å². The number of nitrogens with zero attached hydrogens (tertiary/aromatic N) is 1. The number of fused-ring (bicyclic) bond motifs is 4. The Morgan fingerprint density at radius 3 is 2.65 bits per heavy atom. The molecular weight excluding hydrogens is 352 g/mol. The number of hydrogen-bond donors (Lipinski definition) is 1. The van der Waals surface area contributed by atoms with Crippen molar-refractivity contribution in [2.24, 2.45) is 0 Å². The predicted octanol–water partition coefficient (Wildman–Crippen LogP) is 2.07. The van der Waals surface area contributed by atoms with Gasteiger partial charge >= 0.3 is 0 Å². The maximum absolute atomic E-state index is 11.7. The molecule has 5 rings (SSSR count). The van der Waals surface area contributed by atoms with E-state index in [2.05, 4.69) is 27.8 Å². The molecule has 0 unspecified atom stereocenters. The molecule has 3 heterocycles. The summed E-state index contributed by atoms with van der Waals surface area (Å²) in [7, 11) is -3.24. The Morgan fingerprint density at radius 2 is 1.88 bits per heavy atom. The van der Waals surface area contributed by atoms with Crippen molar-refractivity contribution in [3.05, 3.63) is 29.8 Å². The Morgan fingerprint density at radius 1 is 1.12 bits per heavy atom. The fraction of sp³-hybridized carbons (Fsp3) is 0.684. The highest BCUT2D eigenvalue weighted by atomic mass is 32.2. The molecule has 144 valence electrons. The highest BCUT2D eigenvalue weighted by molar-refractivity contribution is 7.88. The number of nitrogens with one attached hydrogen (secondary N) is 1. The molecule has 3 aliphatic heterocycles. The van der Waals surface area contributed by atoms with Crippen molar-refractivity contribution >= 4 is 10.0 Å². The Balaban J connectivity index is 1.58.